The summed E-state index contributed by atoms with van der Waals surface area (Å²) in [7, 11) is -3.77. The number of halogens is 2. The van der Waals surface area contributed by atoms with Gasteiger partial charge >= 0.3 is 0 Å². The number of benzene rings is 2. The van der Waals surface area contributed by atoms with Crippen molar-refractivity contribution in [1.82, 2.24) is 10.2 Å². The summed E-state index contributed by atoms with van der Waals surface area (Å²) in [5.41, 5.74) is 0.970. The van der Waals surface area contributed by atoms with E-state index in [2.05, 4.69) is 27.9 Å². The molecule has 10 heteroatoms. The van der Waals surface area contributed by atoms with Gasteiger partial charge in [-0.3, -0.25) is 13.9 Å². The van der Waals surface area contributed by atoms with Crippen LogP contribution < -0.4 is 9.62 Å². The summed E-state index contributed by atoms with van der Waals surface area (Å²) >= 11 is 2.11. The van der Waals surface area contributed by atoms with Crippen LogP contribution in [0.1, 0.15) is 32.8 Å². The Labute approximate surface area is 208 Å². The fourth-order valence-electron chi connectivity index (χ4n) is 3.06. The van der Waals surface area contributed by atoms with Gasteiger partial charge in [0.2, 0.25) is 21.8 Å². The second kappa shape index (κ2) is 11.8. The van der Waals surface area contributed by atoms with Crippen LogP contribution >= 0.6 is 22.6 Å². The minimum Gasteiger partial charge on any atom is -0.352 e. The van der Waals surface area contributed by atoms with Crippen molar-refractivity contribution in [3.63, 3.8) is 0 Å². The van der Waals surface area contributed by atoms with Gasteiger partial charge in [0.05, 0.1) is 11.9 Å². The quantitative estimate of drug-likeness (QED) is 0.430. The van der Waals surface area contributed by atoms with Crippen molar-refractivity contribution in [1.29, 1.82) is 0 Å². The highest BCUT2D eigenvalue weighted by molar-refractivity contribution is 14.1. The Morgan fingerprint density at radius 1 is 1.06 bits per heavy atom. The van der Waals surface area contributed by atoms with E-state index in [-0.39, 0.29) is 18.5 Å². The van der Waals surface area contributed by atoms with Gasteiger partial charge in [0.25, 0.3) is 0 Å². The molecule has 0 bridgehead atoms. The summed E-state index contributed by atoms with van der Waals surface area (Å²) in [6.07, 6.45) is 1.75. The molecule has 2 atom stereocenters. The molecule has 2 amide bonds. The highest BCUT2D eigenvalue weighted by atomic mass is 127. The molecule has 0 saturated carbocycles. The molecule has 0 unspecified atom stereocenters. The Hall–Kier alpha value is -2.21. The fraction of sp³-hybridized carbons (Fsp3) is 0.391. The Balaban J connectivity index is 2.36. The molecule has 0 heterocycles. The van der Waals surface area contributed by atoms with Gasteiger partial charge in [0, 0.05) is 16.2 Å². The number of nitrogens with zero attached hydrogens (tertiary/aromatic N) is 2. The highest BCUT2D eigenvalue weighted by Crippen LogP contribution is 2.20. The van der Waals surface area contributed by atoms with Crippen molar-refractivity contribution >= 4 is 50.1 Å². The topological polar surface area (TPSA) is 86.8 Å². The monoisotopic (exact) mass is 589 g/mol. The van der Waals surface area contributed by atoms with E-state index in [1.54, 1.807) is 31.2 Å². The first-order valence-corrected chi connectivity index (χ1v) is 13.4. The molecule has 2 aromatic carbocycles. The molecule has 33 heavy (non-hydrogen) atoms. The molecule has 0 aromatic heterocycles. The van der Waals surface area contributed by atoms with Gasteiger partial charge in [0.1, 0.15) is 18.4 Å². The number of carbonyl (C=O) groups excluding carboxylic acids is 2. The van der Waals surface area contributed by atoms with Gasteiger partial charge in [0.15, 0.2) is 0 Å². The number of rotatable bonds is 10. The predicted molar refractivity (Wildman–Crippen MR) is 136 cm³/mol. The van der Waals surface area contributed by atoms with Crippen LogP contribution in [-0.2, 0) is 26.2 Å². The zero-order valence-corrected chi connectivity index (χ0v) is 22.1. The maximum absolute atomic E-state index is 13.4. The van der Waals surface area contributed by atoms with Gasteiger partial charge < -0.3 is 10.2 Å². The van der Waals surface area contributed by atoms with E-state index in [9.17, 15) is 22.4 Å². The van der Waals surface area contributed by atoms with Crippen LogP contribution in [0.2, 0.25) is 0 Å². The summed E-state index contributed by atoms with van der Waals surface area (Å²) in [5, 5.41) is 2.86. The van der Waals surface area contributed by atoms with E-state index in [0.29, 0.717) is 11.3 Å². The Morgan fingerprint density at radius 2 is 1.64 bits per heavy atom. The van der Waals surface area contributed by atoms with Gasteiger partial charge in [-0.15, -0.1) is 0 Å². The second-order valence-electron chi connectivity index (χ2n) is 7.89. The fourth-order valence-corrected chi connectivity index (χ4v) is 4.26. The molecule has 2 rings (SSSR count). The normalized spacial score (nSPS) is 13.2. The molecule has 1 N–H and O–H groups in total. The van der Waals surface area contributed by atoms with Crippen LogP contribution in [0.3, 0.4) is 0 Å². The van der Waals surface area contributed by atoms with E-state index in [0.717, 1.165) is 20.6 Å². The summed E-state index contributed by atoms with van der Waals surface area (Å²) in [6.45, 7) is 4.94. The minimum atomic E-state index is -3.77. The third-order valence-electron chi connectivity index (χ3n) is 5.23. The van der Waals surface area contributed by atoms with Crippen LogP contribution in [-0.4, -0.2) is 50.0 Å². The first-order valence-electron chi connectivity index (χ1n) is 10.5. The van der Waals surface area contributed by atoms with E-state index in [1.165, 1.54) is 29.2 Å². The summed E-state index contributed by atoms with van der Waals surface area (Å²) in [4.78, 5) is 27.5. The zero-order valence-electron chi connectivity index (χ0n) is 19.1. The van der Waals surface area contributed by atoms with E-state index in [4.69, 9.17) is 0 Å². The lowest BCUT2D eigenvalue weighted by molar-refractivity contribution is -0.139. The molecular formula is C23H29FIN3O4S. The third-order valence-corrected chi connectivity index (χ3v) is 7.09. The van der Waals surface area contributed by atoms with Crippen molar-refractivity contribution in [2.75, 3.05) is 17.1 Å². The molecule has 0 radical (unpaired) electrons. The number of sulfonamides is 1. The van der Waals surface area contributed by atoms with Crippen LogP contribution in [0.25, 0.3) is 0 Å². The Morgan fingerprint density at radius 3 is 2.15 bits per heavy atom. The van der Waals surface area contributed by atoms with Crippen molar-refractivity contribution in [3.05, 3.63) is 63.5 Å². The predicted octanol–water partition coefficient (Wildman–Crippen LogP) is 3.53. The summed E-state index contributed by atoms with van der Waals surface area (Å²) in [5.74, 6) is -1.31. The number of nitrogens with one attached hydrogen (secondary N) is 1. The molecule has 0 aliphatic carbocycles. The number of anilines is 1. The molecule has 0 aliphatic rings. The van der Waals surface area contributed by atoms with Crippen LogP contribution in [0.5, 0.6) is 0 Å². The standard InChI is InChI=1S/C23H29FIN3O4S/c1-5-16(2)26-23(30)17(3)27(14-18-6-8-19(24)9-7-18)22(29)15-28(33(4,31)32)21-12-10-20(25)11-13-21/h6-13,16-17H,5,14-15H2,1-4H3,(H,26,30)/t16-,17-/m0/s1. The summed E-state index contributed by atoms with van der Waals surface area (Å²) in [6, 6.07) is 11.4. The average Bonchev–Trinajstić information content (AvgIpc) is 2.76. The second-order valence-corrected chi connectivity index (χ2v) is 11.0. The lowest BCUT2D eigenvalue weighted by atomic mass is 10.1. The summed E-state index contributed by atoms with van der Waals surface area (Å²) < 4.78 is 40.3. The van der Waals surface area contributed by atoms with E-state index < -0.39 is 34.3 Å². The van der Waals surface area contributed by atoms with E-state index in [1.807, 2.05) is 13.8 Å². The highest BCUT2D eigenvalue weighted by Gasteiger charge is 2.30. The third kappa shape index (κ3) is 7.95. The molecule has 0 fully saturated rings. The molecule has 180 valence electrons. The van der Waals surface area contributed by atoms with E-state index >= 15 is 0 Å². The molecule has 0 spiro atoms. The van der Waals surface area contributed by atoms with Crippen molar-refractivity contribution in [2.45, 2.75) is 45.8 Å². The molecular weight excluding hydrogens is 560 g/mol. The number of hydrogen-bond donors (Lipinski definition) is 1. The minimum absolute atomic E-state index is 0.0263. The first-order chi connectivity index (χ1) is 15.4. The Kier molecular flexibility index (Phi) is 9.65. The van der Waals surface area contributed by atoms with Crippen molar-refractivity contribution < 1.29 is 22.4 Å². The maximum atomic E-state index is 13.4. The van der Waals surface area contributed by atoms with Crippen LogP contribution in [0.15, 0.2) is 48.5 Å². The lowest BCUT2D eigenvalue weighted by Gasteiger charge is -2.32. The maximum Gasteiger partial charge on any atom is 0.244 e. The van der Waals surface area contributed by atoms with Crippen molar-refractivity contribution in [2.24, 2.45) is 0 Å². The number of amides is 2. The average molecular weight is 589 g/mol. The largest absolute Gasteiger partial charge is 0.352 e. The lowest BCUT2D eigenvalue weighted by Crippen LogP contribution is -2.52. The first kappa shape index (κ1) is 27.0. The smallest absolute Gasteiger partial charge is 0.244 e. The SMILES string of the molecule is CC[C@H](C)NC(=O)[C@H](C)N(Cc1ccc(F)cc1)C(=O)CN(c1ccc(I)cc1)S(C)(=O)=O. The van der Waals surface area contributed by atoms with Gasteiger partial charge in [-0.25, -0.2) is 12.8 Å². The number of hydrogen-bond acceptors (Lipinski definition) is 4. The van der Waals surface area contributed by atoms with Gasteiger partial charge in [-0.05, 0) is 84.8 Å². The molecule has 0 saturated heterocycles. The molecule has 2 aromatic rings. The van der Waals surface area contributed by atoms with Gasteiger partial charge in [-0.1, -0.05) is 19.1 Å². The van der Waals surface area contributed by atoms with Crippen LogP contribution in [0, 0.1) is 9.39 Å². The zero-order chi connectivity index (χ0) is 24.8. The van der Waals surface area contributed by atoms with Crippen molar-refractivity contribution in [3.8, 4) is 0 Å². The Bertz CT molecular complexity index is 1060. The number of carbonyl (C=O) groups is 2. The molecule has 7 nitrogen and oxygen atoms in total. The molecule has 0 aliphatic heterocycles. The van der Waals surface area contributed by atoms with Crippen LogP contribution in [0.4, 0.5) is 10.1 Å². The van der Waals surface area contributed by atoms with Gasteiger partial charge in [-0.2, -0.15) is 0 Å².